The zero-order valence-electron chi connectivity index (χ0n) is 22.7. The van der Waals surface area contributed by atoms with Crippen molar-refractivity contribution in [2.75, 3.05) is 33.2 Å². The Bertz CT molecular complexity index is 1410. The monoisotopic (exact) mass is 566 g/mol. The summed E-state index contributed by atoms with van der Waals surface area (Å²) in [6, 6.07) is 8.56. The lowest BCUT2D eigenvalue weighted by Crippen LogP contribution is -2.50. The number of carbonyl (C=O) groups excluding carboxylic acids is 1. The highest BCUT2D eigenvalue weighted by molar-refractivity contribution is 6.32. The lowest BCUT2D eigenvalue weighted by Gasteiger charge is -2.31. The van der Waals surface area contributed by atoms with E-state index in [-0.39, 0.29) is 12.5 Å². The van der Waals surface area contributed by atoms with Gasteiger partial charge in [0.15, 0.2) is 5.96 Å². The van der Waals surface area contributed by atoms with Crippen LogP contribution in [0.2, 0.25) is 5.02 Å². The standard InChI is InChI=1S/C29H35ClN6O4/c1-18-13-19-16-36(27(38)20-14-21-7-3-4-11-35(21)17-20)12-8-22(19)25(30)24(18)26(37)33-23(28(39)40)15-32-29(31-2)34-9-5-6-10-34/h3-4,7,11,13-14,17,23,26,33,37H,5-6,8-10,12,15-16H2,1-2H3,(H,31,32)(H,39,40)/t23-,26?/m0/s1. The number of aromatic nitrogens is 1. The molecule has 212 valence electrons. The van der Waals surface area contributed by atoms with Crippen molar-refractivity contribution in [2.45, 2.75) is 45.0 Å². The molecule has 40 heavy (non-hydrogen) atoms. The average molecular weight is 567 g/mol. The molecule has 4 heterocycles. The maximum Gasteiger partial charge on any atom is 0.322 e. The number of aliphatic hydroxyl groups is 1. The number of carboxylic acids is 1. The number of likely N-dealkylation sites (tertiary alicyclic amines) is 1. The van der Waals surface area contributed by atoms with Gasteiger partial charge in [-0.1, -0.05) is 23.7 Å². The second-order valence-electron chi connectivity index (χ2n) is 10.4. The van der Waals surface area contributed by atoms with Gasteiger partial charge in [0.25, 0.3) is 5.91 Å². The molecule has 0 spiro atoms. The number of benzene rings is 1. The number of carbonyl (C=O) groups is 2. The molecule has 5 rings (SSSR count). The summed E-state index contributed by atoms with van der Waals surface area (Å²) in [5.74, 6) is -0.493. The molecule has 1 fully saturated rings. The van der Waals surface area contributed by atoms with E-state index in [2.05, 4.69) is 20.5 Å². The molecule has 11 heteroatoms. The van der Waals surface area contributed by atoms with Crippen LogP contribution in [0.1, 0.15) is 51.7 Å². The van der Waals surface area contributed by atoms with Crippen molar-refractivity contribution < 1.29 is 19.8 Å². The number of carboxylic acid groups (broad SMARTS) is 1. The smallest absolute Gasteiger partial charge is 0.322 e. The SMILES string of the molecule is CN=C(NC[C@H](NC(O)c1c(C)cc2c(c1Cl)CCN(C(=O)c1cc3ccccn3c1)C2)C(=O)O)N1CCCC1. The summed E-state index contributed by atoms with van der Waals surface area (Å²) in [4.78, 5) is 33.5. The zero-order chi connectivity index (χ0) is 28.4. The minimum absolute atomic E-state index is 0.0449. The molecule has 2 aromatic heterocycles. The van der Waals surface area contributed by atoms with Gasteiger partial charge in [-0.05, 0) is 61.1 Å². The molecule has 0 radical (unpaired) electrons. The lowest BCUT2D eigenvalue weighted by molar-refractivity contribution is -0.140. The second kappa shape index (κ2) is 11.9. The number of aliphatic imine (C=N–C) groups is 1. The number of amides is 1. The van der Waals surface area contributed by atoms with Crippen LogP contribution in [0.15, 0.2) is 47.7 Å². The Balaban J connectivity index is 1.29. The molecule has 1 saturated heterocycles. The predicted molar refractivity (Wildman–Crippen MR) is 154 cm³/mol. The fourth-order valence-corrected chi connectivity index (χ4v) is 6.12. The summed E-state index contributed by atoms with van der Waals surface area (Å²) in [5.41, 5.74) is 4.55. The van der Waals surface area contributed by atoms with Crippen molar-refractivity contribution in [1.29, 1.82) is 0 Å². The first-order valence-electron chi connectivity index (χ1n) is 13.6. The Labute approximate surface area is 238 Å². The van der Waals surface area contributed by atoms with Gasteiger partial charge >= 0.3 is 5.97 Å². The highest BCUT2D eigenvalue weighted by atomic mass is 35.5. The highest BCUT2D eigenvalue weighted by Gasteiger charge is 2.30. The number of aliphatic carboxylic acids is 1. The fraction of sp³-hybridized carbons (Fsp3) is 0.414. The maximum atomic E-state index is 13.3. The van der Waals surface area contributed by atoms with Crippen LogP contribution in [0.5, 0.6) is 0 Å². The van der Waals surface area contributed by atoms with E-state index in [9.17, 15) is 19.8 Å². The third-order valence-corrected chi connectivity index (χ3v) is 8.18. The number of aryl methyl sites for hydroxylation is 1. The van der Waals surface area contributed by atoms with E-state index >= 15 is 0 Å². The van der Waals surface area contributed by atoms with Crippen molar-refractivity contribution in [1.82, 2.24) is 24.8 Å². The summed E-state index contributed by atoms with van der Waals surface area (Å²) in [6.07, 6.45) is 5.14. The first kappa shape index (κ1) is 27.9. The van der Waals surface area contributed by atoms with E-state index in [1.807, 2.05) is 54.0 Å². The number of fused-ring (bicyclic) bond motifs is 2. The minimum atomic E-state index is -1.29. The van der Waals surface area contributed by atoms with Crippen LogP contribution in [-0.4, -0.2) is 81.5 Å². The molecular formula is C29H35ClN6O4. The van der Waals surface area contributed by atoms with Crippen molar-refractivity contribution >= 4 is 35.0 Å². The van der Waals surface area contributed by atoms with Crippen LogP contribution in [0.4, 0.5) is 0 Å². The molecule has 2 aliphatic heterocycles. The van der Waals surface area contributed by atoms with E-state index in [0.29, 0.717) is 41.6 Å². The lowest BCUT2D eigenvalue weighted by atomic mass is 9.92. The van der Waals surface area contributed by atoms with Crippen molar-refractivity contribution in [3.05, 3.63) is 75.6 Å². The van der Waals surface area contributed by atoms with Crippen LogP contribution >= 0.6 is 11.6 Å². The largest absolute Gasteiger partial charge is 0.480 e. The molecule has 4 N–H and O–H groups in total. The molecular weight excluding hydrogens is 532 g/mol. The van der Waals surface area contributed by atoms with Crippen LogP contribution in [0, 0.1) is 6.92 Å². The van der Waals surface area contributed by atoms with Gasteiger partial charge in [0.1, 0.15) is 12.3 Å². The maximum absolute atomic E-state index is 13.3. The van der Waals surface area contributed by atoms with Gasteiger partial charge in [-0.2, -0.15) is 0 Å². The average Bonchev–Trinajstić information content (AvgIpc) is 3.62. The first-order valence-corrected chi connectivity index (χ1v) is 13.9. The number of halogens is 1. The third-order valence-electron chi connectivity index (χ3n) is 7.75. The van der Waals surface area contributed by atoms with E-state index in [0.717, 1.165) is 48.1 Å². The predicted octanol–water partition coefficient (Wildman–Crippen LogP) is 2.80. The number of nitrogens with one attached hydrogen (secondary N) is 2. The number of rotatable bonds is 7. The molecule has 10 nitrogen and oxygen atoms in total. The Morgan fingerprint density at radius 1 is 1.15 bits per heavy atom. The van der Waals surface area contributed by atoms with Gasteiger partial charge in [-0.25, -0.2) is 0 Å². The first-order chi connectivity index (χ1) is 19.3. The normalized spacial score (nSPS) is 17.1. The van der Waals surface area contributed by atoms with Gasteiger partial charge in [0.05, 0.1) is 10.6 Å². The number of pyridine rings is 1. The second-order valence-corrected chi connectivity index (χ2v) is 10.8. The van der Waals surface area contributed by atoms with E-state index in [1.165, 1.54) is 0 Å². The van der Waals surface area contributed by atoms with Crippen LogP contribution in [-0.2, 0) is 17.8 Å². The van der Waals surface area contributed by atoms with E-state index in [4.69, 9.17) is 11.6 Å². The highest BCUT2D eigenvalue weighted by Crippen LogP contribution is 2.35. The van der Waals surface area contributed by atoms with Crippen molar-refractivity contribution in [3.8, 4) is 0 Å². The van der Waals surface area contributed by atoms with Crippen LogP contribution in [0.3, 0.4) is 0 Å². The topological polar surface area (TPSA) is 122 Å². The molecule has 3 aromatic rings. The number of aliphatic hydroxyl groups excluding tert-OH is 1. The van der Waals surface area contributed by atoms with E-state index < -0.39 is 18.2 Å². The Hall–Kier alpha value is -3.60. The van der Waals surface area contributed by atoms with Crippen molar-refractivity contribution in [2.24, 2.45) is 4.99 Å². The number of nitrogens with zero attached hydrogens (tertiary/aromatic N) is 4. The fourth-order valence-electron chi connectivity index (χ4n) is 5.66. The zero-order valence-corrected chi connectivity index (χ0v) is 23.5. The van der Waals surface area contributed by atoms with Gasteiger partial charge in [0, 0.05) is 63.2 Å². The van der Waals surface area contributed by atoms with Gasteiger partial charge in [0.2, 0.25) is 0 Å². The molecule has 0 bridgehead atoms. The molecule has 0 saturated carbocycles. The quantitative estimate of drug-likeness (QED) is 0.197. The van der Waals surface area contributed by atoms with Crippen LogP contribution < -0.4 is 10.6 Å². The summed E-state index contributed by atoms with van der Waals surface area (Å²) >= 11 is 6.83. The number of hydrogen-bond donors (Lipinski definition) is 4. The Kier molecular flexibility index (Phi) is 8.30. The summed E-state index contributed by atoms with van der Waals surface area (Å²) in [7, 11) is 1.67. The number of hydrogen-bond acceptors (Lipinski definition) is 5. The van der Waals surface area contributed by atoms with Gasteiger partial charge in [-0.15, -0.1) is 0 Å². The van der Waals surface area contributed by atoms with Crippen molar-refractivity contribution in [3.63, 3.8) is 0 Å². The number of guanidine groups is 1. The van der Waals surface area contributed by atoms with Gasteiger partial charge in [-0.3, -0.25) is 19.9 Å². The summed E-state index contributed by atoms with van der Waals surface area (Å²) in [6.45, 7) is 4.52. The third kappa shape index (κ3) is 5.65. The van der Waals surface area contributed by atoms with E-state index in [1.54, 1.807) is 11.9 Å². The molecule has 1 unspecified atom stereocenters. The minimum Gasteiger partial charge on any atom is -0.480 e. The molecule has 0 aliphatic carbocycles. The Morgan fingerprint density at radius 2 is 1.93 bits per heavy atom. The molecule has 2 aliphatic rings. The van der Waals surface area contributed by atoms with Crippen LogP contribution in [0.25, 0.3) is 5.52 Å². The molecule has 1 amide bonds. The summed E-state index contributed by atoms with van der Waals surface area (Å²) < 4.78 is 1.93. The van der Waals surface area contributed by atoms with Gasteiger partial charge < -0.3 is 29.7 Å². The summed E-state index contributed by atoms with van der Waals surface area (Å²) in [5, 5.41) is 27.3. The molecule has 2 atom stereocenters. The molecule has 1 aromatic carbocycles. The Morgan fingerprint density at radius 3 is 2.62 bits per heavy atom.